The number of anilines is 2. The molecule has 1 aromatic heterocycles. The Labute approximate surface area is 228 Å². The van der Waals surface area contributed by atoms with Crippen LogP contribution in [-0.2, 0) is 21.1 Å². The zero-order chi connectivity index (χ0) is 29.4. The van der Waals surface area contributed by atoms with E-state index in [1.54, 1.807) is 12.1 Å². The second-order valence-corrected chi connectivity index (χ2v) is 14.2. The van der Waals surface area contributed by atoms with Crippen LogP contribution in [0.15, 0.2) is 42.6 Å². The maximum atomic E-state index is 13.7. The van der Waals surface area contributed by atoms with Crippen molar-refractivity contribution in [2.75, 3.05) is 29.7 Å². The molecule has 3 rings (SSSR count). The number of halogens is 4. The number of ether oxygens (including phenoxy) is 2. The van der Waals surface area contributed by atoms with Gasteiger partial charge in [-0.15, -0.1) is 9.53 Å². The number of methoxy groups -OCH3 is 1. The highest BCUT2D eigenvalue weighted by molar-refractivity contribution is 8.15. The summed E-state index contributed by atoms with van der Waals surface area (Å²) < 4.78 is 77.3. The third kappa shape index (κ3) is 8.04. The summed E-state index contributed by atoms with van der Waals surface area (Å²) in [5.74, 6) is -1.68. The van der Waals surface area contributed by atoms with Crippen molar-refractivity contribution in [2.45, 2.75) is 32.4 Å². The van der Waals surface area contributed by atoms with Gasteiger partial charge in [0.05, 0.1) is 24.0 Å². The first kappa shape index (κ1) is 30.1. The van der Waals surface area contributed by atoms with Gasteiger partial charge in [0.15, 0.2) is 5.75 Å². The number of hydrogen-bond donors (Lipinski definition) is 3. The first-order valence-corrected chi connectivity index (χ1v) is 14.4. The van der Waals surface area contributed by atoms with Gasteiger partial charge in [0.2, 0.25) is 11.2 Å². The predicted molar refractivity (Wildman–Crippen MR) is 144 cm³/mol. The SMILES string of the molecule is COc1c(NC(=O)c2ccc(C(F)(F)F)c(Oc3ccnc(Cl)n3)c2)cc(C(C)(C)C)cc1NS(C)(C)(=O)O. The Hall–Kier alpha value is -3.42. The lowest BCUT2D eigenvalue weighted by molar-refractivity contribution is -0.138. The van der Waals surface area contributed by atoms with Crippen LogP contribution in [-0.4, -0.2) is 44.3 Å². The fourth-order valence-corrected chi connectivity index (χ4v) is 4.35. The number of carbonyl (C=O) groups is 1. The molecule has 1 heterocycles. The van der Waals surface area contributed by atoms with Gasteiger partial charge in [-0.05, 0) is 52.9 Å². The monoisotopic (exact) mass is 588 g/mol. The summed E-state index contributed by atoms with van der Waals surface area (Å²) in [6.45, 7) is 5.69. The summed E-state index contributed by atoms with van der Waals surface area (Å²) in [7, 11) is -2.97. The standard InChI is InChI=1S/C25H28ClF3N4O5S/c1-24(2,3)15-12-17(21(37-4)18(13-15)33-39(5,6,35)36)31-22(34)14-7-8-16(25(27,28)29)19(11-14)38-20-9-10-30-23(26)32-20/h7-13H,1-6H3,(H,31,34)(H2,33,35,36). The smallest absolute Gasteiger partial charge is 0.419 e. The molecule has 3 aromatic rings. The van der Waals surface area contributed by atoms with Crippen LogP contribution in [0.1, 0.15) is 42.3 Å². The van der Waals surface area contributed by atoms with E-state index in [0.717, 1.165) is 24.6 Å². The highest BCUT2D eigenvalue weighted by Gasteiger charge is 2.35. The quantitative estimate of drug-likeness (QED) is 0.274. The lowest BCUT2D eigenvalue weighted by atomic mass is 9.86. The number of carbonyl (C=O) groups excluding carboxylic acids is 1. The van der Waals surface area contributed by atoms with Crippen molar-refractivity contribution < 1.29 is 36.2 Å². The summed E-state index contributed by atoms with van der Waals surface area (Å²) in [4.78, 5) is 20.6. The molecule has 14 heteroatoms. The third-order valence-corrected chi connectivity index (χ3v) is 6.16. The molecule has 0 unspecified atom stereocenters. The fourth-order valence-electron chi connectivity index (χ4n) is 3.43. The highest BCUT2D eigenvalue weighted by atomic mass is 35.5. The van der Waals surface area contributed by atoms with E-state index in [9.17, 15) is 26.7 Å². The zero-order valence-corrected chi connectivity index (χ0v) is 23.5. The predicted octanol–water partition coefficient (Wildman–Crippen LogP) is 6.38. The van der Waals surface area contributed by atoms with Crippen molar-refractivity contribution in [3.05, 3.63) is 64.6 Å². The maximum absolute atomic E-state index is 13.7. The molecule has 0 fully saturated rings. The van der Waals surface area contributed by atoms with Crippen molar-refractivity contribution in [1.82, 2.24) is 9.97 Å². The minimum absolute atomic E-state index is 0.0481. The number of amides is 1. The molecule has 0 bridgehead atoms. The van der Waals surface area contributed by atoms with E-state index in [-0.39, 0.29) is 33.9 Å². The van der Waals surface area contributed by atoms with Gasteiger partial charge in [0, 0.05) is 30.3 Å². The summed E-state index contributed by atoms with van der Waals surface area (Å²) in [6, 6.07) is 7.08. The molecule has 2 aromatic carbocycles. The molecule has 39 heavy (non-hydrogen) atoms. The molecule has 9 nitrogen and oxygen atoms in total. The van der Waals surface area contributed by atoms with Crippen LogP contribution in [0.4, 0.5) is 24.5 Å². The summed E-state index contributed by atoms with van der Waals surface area (Å²) >= 11 is 5.71. The molecule has 0 aliphatic rings. The molecule has 0 saturated carbocycles. The van der Waals surface area contributed by atoms with Crippen LogP contribution in [0.3, 0.4) is 0 Å². The average Bonchev–Trinajstić information content (AvgIpc) is 2.76. The largest absolute Gasteiger partial charge is 0.492 e. The Morgan fingerprint density at radius 3 is 2.26 bits per heavy atom. The van der Waals surface area contributed by atoms with Gasteiger partial charge in [-0.3, -0.25) is 14.1 Å². The van der Waals surface area contributed by atoms with Gasteiger partial charge < -0.3 is 14.8 Å². The molecule has 1 amide bonds. The summed E-state index contributed by atoms with van der Waals surface area (Å²) in [5.41, 5.74) is -0.826. The molecule has 3 N–H and O–H groups in total. The number of benzene rings is 2. The van der Waals surface area contributed by atoms with Gasteiger partial charge in [-0.2, -0.15) is 22.4 Å². The van der Waals surface area contributed by atoms with E-state index in [1.807, 2.05) is 20.8 Å². The van der Waals surface area contributed by atoms with E-state index >= 15 is 0 Å². The number of nitrogens with one attached hydrogen (secondary N) is 2. The molecule has 212 valence electrons. The topological polar surface area (TPSA) is 123 Å². The number of aromatic nitrogens is 2. The van der Waals surface area contributed by atoms with Crippen LogP contribution in [0.5, 0.6) is 17.4 Å². The van der Waals surface area contributed by atoms with Crippen molar-refractivity contribution in [3.8, 4) is 17.4 Å². The van der Waals surface area contributed by atoms with Crippen LogP contribution in [0, 0.1) is 0 Å². The van der Waals surface area contributed by atoms with Crippen molar-refractivity contribution in [3.63, 3.8) is 0 Å². The molecule has 0 radical (unpaired) electrons. The minimum atomic E-state index is -4.79. The molecule has 0 aliphatic carbocycles. The van der Waals surface area contributed by atoms with E-state index in [2.05, 4.69) is 20.0 Å². The molecule has 0 aliphatic heterocycles. The Morgan fingerprint density at radius 1 is 1.08 bits per heavy atom. The van der Waals surface area contributed by atoms with Crippen molar-refractivity contribution in [1.29, 1.82) is 0 Å². The molecule has 0 atom stereocenters. The average molecular weight is 589 g/mol. The van der Waals surface area contributed by atoms with Gasteiger partial charge in [0.1, 0.15) is 5.75 Å². The zero-order valence-electron chi connectivity index (χ0n) is 21.9. The Morgan fingerprint density at radius 2 is 1.72 bits per heavy atom. The maximum Gasteiger partial charge on any atom is 0.419 e. The third-order valence-electron chi connectivity index (χ3n) is 5.17. The fraction of sp³-hybridized carbons (Fsp3) is 0.320. The lowest BCUT2D eigenvalue weighted by Crippen LogP contribution is -2.37. The molecular formula is C25H28ClF3N4O5S. The van der Waals surface area contributed by atoms with Gasteiger partial charge in [0.25, 0.3) is 5.91 Å². The Balaban J connectivity index is 2.08. The second kappa shape index (κ2) is 10.3. The lowest BCUT2D eigenvalue weighted by Gasteiger charge is -2.37. The summed E-state index contributed by atoms with van der Waals surface area (Å²) in [6.07, 6.45) is -1.35. The first-order valence-electron chi connectivity index (χ1n) is 11.3. The minimum Gasteiger partial charge on any atom is -0.492 e. The number of nitrogens with zero attached hydrogens (tertiary/aromatic N) is 2. The Bertz CT molecular complexity index is 1470. The van der Waals surface area contributed by atoms with Crippen LogP contribution < -0.4 is 19.5 Å². The highest BCUT2D eigenvalue weighted by Crippen LogP contribution is 2.42. The van der Waals surface area contributed by atoms with Crippen LogP contribution >= 0.6 is 11.6 Å². The summed E-state index contributed by atoms with van der Waals surface area (Å²) in [5, 5.41) is 2.39. The van der Waals surface area contributed by atoms with E-state index in [0.29, 0.717) is 11.6 Å². The van der Waals surface area contributed by atoms with Gasteiger partial charge in [-0.1, -0.05) is 20.8 Å². The molecular weight excluding hydrogens is 561 g/mol. The number of hydrogen-bond acceptors (Lipinski definition) is 6. The van der Waals surface area contributed by atoms with Crippen molar-refractivity contribution >= 4 is 38.4 Å². The van der Waals surface area contributed by atoms with E-state index in [1.165, 1.54) is 19.4 Å². The van der Waals surface area contributed by atoms with Gasteiger partial charge >= 0.3 is 6.18 Å². The van der Waals surface area contributed by atoms with E-state index in [4.69, 9.17) is 21.1 Å². The molecule has 0 saturated heterocycles. The van der Waals surface area contributed by atoms with E-state index < -0.39 is 38.3 Å². The normalized spacial score (nSPS) is 13.3. The first-order chi connectivity index (χ1) is 17.7. The Kier molecular flexibility index (Phi) is 7.94. The van der Waals surface area contributed by atoms with Crippen LogP contribution in [0.2, 0.25) is 5.28 Å². The molecule has 0 spiro atoms. The van der Waals surface area contributed by atoms with Gasteiger partial charge in [-0.25, -0.2) is 4.98 Å². The number of rotatable bonds is 7. The van der Waals surface area contributed by atoms with Crippen LogP contribution in [0.25, 0.3) is 0 Å². The van der Waals surface area contributed by atoms with Crippen molar-refractivity contribution in [2.24, 2.45) is 0 Å². The second-order valence-electron chi connectivity index (χ2n) is 10.1. The number of alkyl halides is 3.